The monoisotopic (exact) mass is 486 g/mol. The summed E-state index contributed by atoms with van der Waals surface area (Å²) >= 11 is 0. The Balaban J connectivity index is 1.46. The predicted molar refractivity (Wildman–Crippen MR) is 137 cm³/mol. The number of benzene rings is 1. The molecule has 8 heteroatoms. The zero-order valence-corrected chi connectivity index (χ0v) is 20.7. The molecule has 0 bridgehead atoms. The van der Waals surface area contributed by atoms with Crippen LogP contribution in [-0.4, -0.2) is 37.8 Å². The summed E-state index contributed by atoms with van der Waals surface area (Å²) in [6.45, 7) is 6.00. The molecule has 1 aliphatic rings. The number of carboxylic acid groups (broad SMARTS) is 1. The van der Waals surface area contributed by atoms with E-state index in [-0.39, 0.29) is 29.2 Å². The third-order valence-electron chi connectivity index (χ3n) is 7.01. The van der Waals surface area contributed by atoms with Gasteiger partial charge in [0.2, 0.25) is 5.91 Å². The number of rotatable bonds is 6. The fourth-order valence-electron chi connectivity index (χ4n) is 4.93. The third kappa shape index (κ3) is 4.51. The van der Waals surface area contributed by atoms with Gasteiger partial charge >= 0.3 is 5.97 Å². The Kier molecular flexibility index (Phi) is 6.35. The highest BCUT2D eigenvalue weighted by Crippen LogP contribution is 2.33. The number of furan rings is 1. The number of aromatic nitrogens is 3. The number of fused-ring (bicyclic) bond motifs is 1. The van der Waals surface area contributed by atoms with Gasteiger partial charge in [-0.25, -0.2) is 14.5 Å². The number of anilines is 1. The van der Waals surface area contributed by atoms with E-state index in [9.17, 15) is 14.7 Å². The van der Waals surface area contributed by atoms with Gasteiger partial charge in [0.1, 0.15) is 11.1 Å². The lowest BCUT2D eigenvalue weighted by Crippen LogP contribution is -2.43. The minimum atomic E-state index is -1.11. The largest absolute Gasteiger partial charge is 0.477 e. The van der Waals surface area contributed by atoms with Crippen LogP contribution in [0.1, 0.15) is 56.8 Å². The van der Waals surface area contributed by atoms with Crippen LogP contribution in [0.15, 0.2) is 59.3 Å². The lowest BCUT2D eigenvalue weighted by atomic mass is 9.82. The Hall–Kier alpha value is -3.94. The fourth-order valence-corrected chi connectivity index (χ4v) is 4.93. The second-order valence-corrected chi connectivity index (χ2v) is 9.92. The first-order valence-electron chi connectivity index (χ1n) is 12.4. The van der Waals surface area contributed by atoms with E-state index in [0.29, 0.717) is 11.6 Å². The number of nitrogens with zero attached hydrogens (tertiary/aromatic N) is 4. The van der Waals surface area contributed by atoms with Gasteiger partial charge in [-0.2, -0.15) is 0 Å². The number of hydrogen-bond donors (Lipinski definition) is 1. The molecule has 1 N–H and O–H groups in total. The highest BCUT2D eigenvalue weighted by atomic mass is 16.4. The van der Waals surface area contributed by atoms with Crippen LogP contribution in [0.5, 0.6) is 0 Å². The molecule has 36 heavy (non-hydrogen) atoms. The Bertz CT molecular complexity index is 1390. The van der Waals surface area contributed by atoms with Gasteiger partial charge in [-0.1, -0.05) is 19.1 Å². The van der Waals surface area contributed by atoms with Gasteiger partial charge in [0.05, 0.1) is 17.6 Å². The van der Waals surface area contributed by atoms with E-state index >= 15 is 0 Å². The van der Waals surface area contributed by atoms with Gasteiger partial charge in [-0.3, -0.25) is 9.69 Å². The van der Waals surface area contributed by atoms with Crippen molar-refractivity contribution < 1.29 is 19.1 Å². The van der Waals surface area contributed by atoms with Gasteiger partial charge in [-0.05, 0) is 69.7 Å². The van der Waals surface area contributed by atoms with Crippen molar-refractivity contribution in [3.05, 3.63) is 60.5 Å². The number of amides is 1. The van der Waals surface area contributed by atoms with Crippen molar-refractivity contribution in [3.8, 4) is 16.9 Å². The Labute approximate surface area is 209 Å². The van der Waals surface area contributed by atoms with Crippen molar-refractivity contribution in [1.82, 2.24) is 14.8 Å². The average Bonchev–Trinajstić information content (AvgIpc) is 3.51. The molecular formula is C28H30N4O4. The molecule has 186 valence electrons. The molecule has 1 saturated carbocycles. The van der Waals surface area contributed by atoms with Crippen molar-refractivity contribution in [2.24, 2.45) is 11.8 Å². The normalized spacial score (nSPS) is 18.0. The summed E-state index contributed by atoms with van der Waals surface area (Å²) in [4.78, 5) is 31.9. The fraction of sp³-hybridized carbons (Fsp3) is 0.357. The van der Waals surface area contributed by atoms with Gasteiger partial charge in [-0.15, -0.1) is 5.10 Å². The second kappa shape index (κ2) is 9.60. The number of hydrogen-bond acceptors (Lipinski definition) is 5. The first-order valence-corrected chi connectivity index (χ1v) is 12.4. The smallest absolute Gasteiger partial charge is 0.341 e. The quantitative estimate of drug-likeness (QED) is 0.362. The second-order valence-electron chi connectivity index (χ2n) is 9.92. The number of carboxylic acids is 1. The van der Waals surface area contributed by atoms with E-state index in [2.05, 4.69) is 17.0 Å². The zero-order valence-electron chi connectivity index (χ0n) is 20.7. The molecule has 1 aromatic carbocycles. The number of carbonyl (C=O) groups excluding carboxylic acids is 1. The SMILES string of the molecule is CC(C)N(c1nn(-c2ccc(-c3ccc4occc4n3)cc2)cc1C(=O)O)C(=O)[C@H]1CC[C@H](C)CC1. The number of aromatic carboxylic acids is 1. The Morgan fingerprint density at radius 2 is 1.78 bits per heavy atom. The minimum absolute atomic E-state index is 0.0115. The molecule has 4 aromatic rings. The topological polar surface area (TPSA) is 101 Å². The maximum absolute atomic E-state index is 13.5. The van der Waals surface area contributed by atoms with E-state index < -0.39 is 5.97 Å². The molecule has 0 radical (unpaired) electrons. The van der Waals surface area contributed by atoms with E-state index in [1.165, 1.54) is 10.9 Å². The molecule has 0 spiro atoms. The molecule has 3 aromatic heterocycles. The third-order valence-corrected chi connectivity index (χ3v) is 7.01. The van der Waals surface area contributed by atoms with Crippen LogP contribution in [0.2, 0.25) is 0 Å². The molecule has 3 heterocycles. The molecule has 1 fully saturated rings. The van der Waals surface area contributed by atoms with Gasteiger partial charge in [0, 0.05) is 29.8 Å². The maximum atomic E-state index is 13.5. The van der Waals surface area contributed by atoms with Crippen LogP contribution >= 0.6 is 0 Å². The summed E-state index contributed by atoms with van der Waals surface area (Å²) in [6.07, 6.45) is 6.77. The average molecular weight is 487 g/mol. The molecule has 0 aliphatic heterocycles. The van der Waals surface area contributed by atoms with Gasteiger partial charge in [0.15, 0.2) is 11.4 Å². The summed E-state index contributed by atoms with van der Waals surface area (Å²) in [5, 5.41) is 14.5. The van der Waals surface area contributed by atoms with Crippen molar-refractivity contribution in [2.45, 2.75) is 52.5 Å². The van der Waals surface area contributed by atoms with Crippen LogP contribution in [0.3, 0.4) is 0 Å². The van der Waals surface area contributed by atoms with Crippen molar-refractivity contribution in [1.29, 1.82) is 0 Å². The zero-order chi connectivity index (χ0) is 25.4. The molecule has 5 rings (SSSR count). The predicted octanol–water partition coefficient (Wildman–Crippen LogP) is 5.95. The van der Waals surface area contributed by atoms with Gasteiger partial charge in [0.25, 0.3) is 0 Å². The summed E-state index contributed by atoms with van der Waals surface area (Å²) < 4.78 is 6.89. The van der Waals surface area contributed by atoms with Crippen molar-refractivity contribution in [2.75, 3.05) is 4.90 Å². The molecule has 1 aliphatic carbocycles. The number of carbonyl (C=O) groups is 2. The summed E-state index contributed by atoms with van der Waals surface area (Å²) in [5.74, 6) is -0.441. The molecular weight excluding hydrogens is 456 g/mol. The lowest BCUT2D eigenvalue weighted by Gasteiger charge is -2.32. The van der Waals surface area contributed by atoms with E-state index in [1.54, 1.807) is 11.2 Å². The van der Waals surface area contributed by atoms with Crippen molar-refractivity contribution in [3.63, 3.8) is 0 Å². The molecule has 0 unspecified atom stereocenters. The number of pyridine rings is 1. The van der Waals surface area contributed by atoms with Crippen LogP contribution in [0, 0.1) is 11.8 Å². The van der Waals surface area contributed by atoms with Gasteiger partial charge < -0.3 is 9.52 Å². The van der Waals surface area contributed by atoms with E-state index in [0.717, 1.165) is 48.0 Å². The van der Waals surface area contributed by atoms with Crippen LogP contribution in [-0.2, 0) is 4.79 Å². The summed E-state index contributed by atoms with van der Waals surface area (Å²) in [7, 11) is 0. The highest BCUT2D eigenvalue weighted by Gasteiger charge is 2.34. The van der Waals surface area contributed by atoms with Crippen LogP contribution in [0.25, 0.3) is 28.0 Å². The molecule has 1 amide bonds. The first kappa shape index (κ1) is 23.8. The maximum Gasteiger partial charge on any atom is 0.341 e. The van der Waals surface area contributed by atoms with E-state index in [1.807, 2.05) is 56.3 Å². The summed E-state index contributed by atoms with van der Waals surface area (Å²) in [5.41, 5.74) is 3.94. The molecule has 0 saturated heterocycles. The van der Waals surface area contributed by atoms with Crippen LogP contribution in [0.4, 0.5) is 5.82 Å². The Morgan fingerprint density at radius 1 is 1.06 bits per heavy atom. The lowest BCUT2D eigenvalue weighted by molar-refractivity contribution is -0.124. The standard InChI is InChI=1S/C28H30N4O4/c1-17(2)32(27(33)20-6-4-18(3)5-7-20)26-22(28(34)35)16-31(30-26)21-10-8-19(9-11-21)23-12-13-25-24(29-23)14-15-36-25/h8-18,20H,4-7H2,1-3H3,(H,34,35)/t18-,20-. The minimum Gasteiger partial charge on any atom is -0.477 e. The first-order chi connectivity index (χ1) is 17.3. The highest BCUT2D eigenvalue weighted by molar-refractivity contribution is 6.01. The molecule has 0 atom stereocenters. The van der Waals surface area contributed by atoms with Crippen LogP contribution < -0.4 is 4.90 Å². The van der Waals surface area contributed by atoms with Crippen molar-refractivity contribution >= 4 is 28.8 Å². The summed E-state index contributed by atoms with van der Waals surface area (Å²) in [6, 6.07) is 12.9. The van der Waals surface area contributed by atoms with E-state index in [4.69, 9.17) is 4.42 Å². The molecule has 8 nitrogen and oxygen atoms in total. The Morgan fingerprint density at radius 3 is 2.44 bits per heavy atom.